The minimum Gasteiger partial charge on any atom is -0.472 e. The molecule has 0 radical (unpaired) electrons. The molecule has 2 aromatic rings. The van der Waals surface area contributed by atoms with Gasteiger partial charge in [0.1, 0.15) is 6.10 Å². The second-order valence-corrected chi connectivity index (χ2v) is 5.46. The summed E-state index contributed by atoms with van der Waals surface area (Å²) in [4.78, 5) is 18.1. The molecule has 1 saturated heterocycles. The first-order chi connectivity index (χ1) is 10.7. The molecule has 0 spiro atoms. The lowest BCUT2D eigenvalue weighted by atomic mass is 10.3. The standard InChI is InChI=1S/C16H16ClN3O2/c17-13-5-1-2-6-14(13)19-16(21)20-10-8-12(11-20)22-15-7-3-4-9-18-15/h1-7,9,12H,8,10-11H2,(H,19,21)/t12-/m1/s1. The van der Waals surface area contributed by atoms with Gasteiger partial charge in [-0.1, -0.05) is 29.8 Å². The lowest BCUT2D eigenvalue weighted by molar-refractivity contribution is 0.190. The number of likely N-dealkylation sites (tertiary alicyclic amines) is 1. The summed E-state index contributed by atoms with van der Waals surface area (Å²) in [5.74, 6) is 0.584. The summed E-state index contributed by atoms with van der Waals surface area (Å²) >= 11 is 6.04. The molecule has 1 aliphatic rings. The van der Waals surface area contributed by atoms with Crippen molar-refractivity contribution < 1.29 is 9.53 Å². The maximum atomic E-state index is 12.2. The highest BCUT2D eigenvalue weighted by Gasteiger charge is 2.28. The van der Waals surface area contributed by atoms with Crippen LogP contribution in [0.25, 0.3) is 0 Å². The molecule has 3 rings (SSSR count). The highest BCUT2D eigenvalue weighted by atomic mass is 35.5. The fraction of sp³-hybridized carbons (Fsp3) is 0.250. The molecule has 6 heteroatoms. The van der Waals surface area contributed by atoms with Crippen LogP contribution in [0.15, 0.2) is 48.7 Å². The van der Waals surface area contributed by atoms with Crippen LogP contribution in [-0.2, 0) is 0 Å². The van der Waals surface area contributed by atoms with Gasteiger partial charge in [-0.2, -0.15) is 0 Å². The quantitative estimate of drug-likeness (QED) is 0.943. The Bertz CT molecular complexity index is 651. The molecule has 0 aliphatic carbocycles. The molecule has 1 aliphatic heterocycles. The number of amides is 2. The molecule has 1 aromatic carbocycles. The average Bonchev–Trinajstić information content (AvgIpc) is 2.99. The van der Waals surface area contributed by atoms with Crippen LogP contribution in [0.1, 0.15) is 6.42 Å². The Balaban J connectivity index is 1.56. The van der Waals surface area contributed by atoms with Crippen molar-refractivity contribution in [3.8, 4) is 5.88 Å². The van der Waals surface area contributed by atoms with Crippen molar-refractivity contribution in [1.82, 2.24) is 9.88 Å². The number of hydrogen-bond donors (Lipinski definition) is 1. The van der Waals surface area contributed by atoms with Crippen LogP contribution in [-0.4, -0.2) is 35.1 Å². The Morgan fingerprint density at radius 3 is 2.86 bits per heavy atom. The van der Waals surface area contributed by atoms with Crippen molar-refractivity contribution in [2.45, 2.75) is 12.5 Å². The second kappa shape index (κ2) is 6.66. The van der Waals surface area contributed by atoms with E-state index >= 15 is 0 Å². The summed E-state index contributed by atoms with van der Waals surface area (Å²) in [6, 6.07) is 12.5. The van der Waals surface area contributed by atoms with E-state index in [1.165, 1.54) is 0 Å². The average molecular weight is 318 g/mol. The molecular formula is C16H16ClN3O2. The van der Waals surface area contributed by atoms with Gasteiger partial charge in [-0.15, -0.1) is 0 Å². The number of benzene rings is 1. The zero-order chi connectivity index (χ0) is 15.4. The SMILES string of the molecule is O=C(Nc1ccccc1Cl)N1CC[C@@H](Oc2ccccn2)C1. The second-order valence-electron chi connectivity index (χ2n) is 5.05. The largest absolute Gasteiger partial charge is 0.472 e. The molecule has 5 nitrogen and oxygen atoms in total. The molecule has 1 aromatic heterocycles. The highest BCUT2D eigenvalue weighted by molar-refractivity contribution is 6.33. The summed E-state index contributed by atoms with van der Waals surface area (Å²) in [5, 5.41) is 3.34. The molecule has 0 unspecified atom stereocenters. The number of urea groups is 1. The fourth-order valence-electron chi connectivity index (χ4n) is 2.35. The Morgan fingerprint density at radius 2 is 2.09 bits per heavy atom. The van der Waals surface area contributed by atoms with Crippen molar-refractivity contribution in [1.29, 1.82) is 0 Å². The van der Waals surface area contributed by atoms with Crippen LogP contribution in [0.2, 0.25) is 5.02 Å². The van der Waals surface area contributed by atoms with Crippen LogP contribution in [0.4, 0.5) is 10.5 Å². The highest BCUT2D eigenvalue weighted by Crippen LogP contribution is 2.22. The van der Waals surface area contributed by atoms with Gasteiger partial charge in [-0.25, -0.2) is 9.78 Å². The number of nitrogens with one attached hydrogen (secondary N) is 1. The number of anilines is 1. The van der Waals surface area contributed by atoms with Crippen LogP contribution in [0.3, 0.4) is 0 Å². The van der Waals surface area contributed by atoms with E-state index in [1.54, 1.807) is 23.2 Å². The predicted octanol–water partition coefficient (Wildman–Crippen LogP) is 3.42. The molecule has 0 saturated carbocycles. The van der Waals surface area contributed by atoms with Gasteiger partial charge in [0, 0.05) is 25.2 Å². The van der Waals surface area contributed by atoms with Crippen LogP contribution in [0, 0.1) is 0 Å². The molecule has 2 amide bonds. The van der Waals surface area contributed by atoms with E-state index in [0.29, 0.717) is 29.7 Å². The van der Waals surface area contributed by atoms with E-state index in [9.17, 15) is 4.79 Å². The zero-order valence-electron chi connectivity index (χ0n) is 11.9. The Kier molecular flexibility index (Phi) is 4.44. The van der Waals surface area contributed by atoms with Crippen molar-refractivity contribution in [2.24, 2.45) is 0 Å². The van der Waals surface area contributed by atoms with Crippen molar-refractivity contribution >= 4 is 23.3 Å². The normalized spacial score (nSPS) is 17.3. The number of hydrogen-bond acceptors (Lipinski definition) is 3. The Labute approximate surface area is 133 Å². The number of pyridine rings is 1. The Hall–Kier alpha value is -2.27. The van der Waals surface area contributed by atoms with Crippen LogP contribution in [0.5, 0.6) is 5.88 Å². The van der Waals surface area contributed by atoms with E-state index in [-0.39, 0.29) is 12.1 Å². The number of para-hydroxylation sites is 1. The third-order valence-electron chi connectivity index (χ3n) is 3.47. The minimum absolute atomic E-state index is 0.0353. The molecule has 1 fully saturated rings. The lowest BCUT2D eigenvalue weighted by Crippen LogP contribution is -2.34. The van der Waals surface area contributed by atoms with Gasteiger partial charge in [-0.3, -0.25) is 0 Å². The smallest absolute Gasteiger partial charge is 0.322 e. The molecule has 2 heterocycles. The van der Waals surface area contributed by atoms with Gasteiger partial charge in [0.15, 0.2) is 0 Å². The summed E-state index contributed by atoms with van der Waals surface area (Å²) in [5.41, 5.74) is 0.614. The maximum Gasteiger partial charge on any atom is 0.322 e. The number of ether oxygens (including phenoxy) is 1. The fourth-order valence-corrected chi connectivity index (χ4v) is 2.54. The molecule has 114 valence electrons. The van der Waals surface area contributed by atoms with E-state index in [2.05, 4.69) is 10.3 Å². The number of nitrogens with zero attached hydrogens (tertiary/aromatic N) is 2. The number of carbonyl (C=O) groups is 1. The first kappa shape index (κ1) is 14.7. The monoisotopic (exact) mass is 317 g/mol. The maximum absolute atomic E-state index is 12.2. The van der Waals surface area contributed by atoms with Gasteiger partial charge in [0.25, 0.3) is 0 Å². The van der Waals surface area contributed by atoms with Gasteiger partial charge in [-0.05, 0) is 18.2 Å². The number of rotatable bonds is 3. The third kappa shape index (κ3) is 3.49. The van der Waals surface area contributed by atoms with Gasteiger partial charge in [0.05, 0.1) is 17.3 Å². The zero-order valence-corrected chi connectivity index (χ0v) is 12.7. The first-order valence-corrected chi connectivity index (χ1v) is 7.48. The number of aromatic nitrogens is 1. The molecular weight excluding hydrogens is 302 g/mol. The third-order valence-corrected chi connectivity index (χ3v) is 3.80. The number of carbonyl (C=O) groups excluding carboxylic acids is 1. The minimum atomic E-state index is -0.166. The topological polar surface area (TPSA) is 54.5 Å². The van der Waals surface area contributed by atoms with Gasteiger partial charge >= 0.3 is 6.03 Å². The van der Waals surface area contributed by atoms with Gasteiger partial charge < -0.3 is 15.0 Å². The first-order valence-electron chi connectivity index (χ1n) is 7.10. The van der Waals surface area contributed by atoms with Crippen molar-refractivity contribution in [2.75, 3.05) is 18.4 Å². The summed E-state index contributed by atoms with van der Waals surface area (Å²) < 4.78 is 5.77. The van der Waals surface area contributed by atoms with E-state index in [1.807, 2.05) is 30.3 Å². The van der Waals surface area contributed by atoms with Crippen molar-refractivity contribution in [3.63, 3.8) is 0 Å². The molecule has 22 heavy (non-hydrogen) atoms. The molecule has 1 N–H and O–H groups in total. The van der Waals surface area contributed by atoms with Crippen LogP contribution < -0.4 is 10.1 Å². The number of halogens is 1. The summed E-state index contributed by atoms with van der Waals surface area (Å²) in [7, 11) is 0. The van der Waals surface area contributed by atoms with Crippen LogP contribution >= 0.6 is 11.6 Å². The van der Waals surface area contributed by atoms with E-state index < -0.39 is 0 Å². The summed E-state index contributed by atoms with van der Waals surface area (Å²) in [6.45, 7) is 1.18. The molecule has 0 bridgehead atoms. The van der Waals surface area contributed by atoms with Gasteiger partial charge in [0.2, 0.25) is 5.88 Å². The lowest BCUT2D eigenvalue weighted by Gasteiger charge is -2.18. The summed E-state index contributed by atoms with van der Waals surface area (Å²) in [6.07, 6.45) is 2.44. The van der Waals surface area contributed by atoms with Crippen molar-refractivity contribution in [3.05, 3.63) is 53.7 Å². The predicted molar refractivity (Wildman–Crippen MR) is 85.3 cm³/mol. The van der Waals surface area contributed by atoms with E-state index in [4.69, 9.17) is 16.3 Å². The molecule has 1 atom stereocenters. The van der Waals surface area contributed by atoms with E-state index in [0.717, 1.165) is 6.42 Å². The Morgan fingerprint density at radius 1 is 1.27 bits per heavy atom.